The van der Waals surface area contributed by atoms with E-state index in [4.69, 9.17) is 0 Å². The Morgan fingerprint density at radius 2 is 1.67 bits per heavy atom. The molecule has 7 nitrogen and oxygen atoms in total. The molecule has 0 spiro atoms. The van der Waals surface area contributed by atoms with E-state index in [9.17, 15) is 24.1 Å². The van der Waals surface area contributed by atoms with Gasteiger partial charge in [0.2, 0.25) is 11.8 Å². The van der Waals surface area contributed by atoms with Crippen LogP contribution in [0.2, 0.25) is 0 Å². The number of carbonyl (C=O) groups is 2. The number of hydrogen-bond acceptors (Lipinski definition) is 5. The van der Waals surface area contributed by atoms with Gasteiger partial charge in [-0.15, -0.1) is 11.8 Å². The molecular formula is C24H30FN3O4S. The molecule has 0 unspecified atom stereocenters. The summed E-state index contributed by atoms with van der Waals surface area (Å²) in [5.74, 6) is -0.174. The molecule has 9 heteroatoms. The predicted octanol–water partition coefficient (Wildman–Crippen LogP) is 4.69. The molecule has 0 aliphatic carbocycles. The van der Waals surface area contributed by atoms with Crippen LogP contribution >= 0.6 is 11.8 Å². The number of nitro benzene ring substituents is 1. The van der Waals surface area contributed by atoms with E-state index in [1.165, 1.54) is 40.9 Å². The molecule has 2 rings (SSSR count). The lowest BCUT2D eigenvalue weighted by molar-refractivity contribution is -0.384. The average Bonchev–Trinajstić information content (AvgIpc) is 2.74. The lowest BCUT2D eigenvalue weighted by atomic mass is 10.1. The molecule has 33 heavy (non-hydrogen) atoms. The molecule has 0 saturated heterocycles. The van der Waals surface area contributed by atoms with Crippen LogP contribution in [0.5, 0.6) is 0 Å². The molecule has 0 aliphatic rings. The van der Waals surface area contributed by atoms with Crippen LogP contribution in [-0.2, 0) is 21.9 Å². The molecule has 1 atom stereocenters. The van der Waals surface area contributed by atoms with Crippen molar-refractivity contribution in [1.29, 1.82) is 0 Å². The first kappa shape index (κ1) is 26.3. The van der Waals surface area contributed by atoms with Crippen molar-refractivity contribution >= 4 is 29.3 Å². The number of halogens is 1. The van der Waals surface area contributed by atoms with E-state index < -0.39 is 16.5 Å². The van der Waals surface area contributed by atoms with Gasteiger partial charge < -0.3 is 10.2 Å². The van der Waals surface area contributed by atoms with Gasteiger partial charge >= 0.3 is 0 Å². The second-order valence-electron chi connectivity index (χ2n) is 8.73. The van der Waals surface area contributed by atoms with Crippen LogP contribution in [0.15, 0.2) is 48.5 Å². The van der Waals surface area contributed by atoms with Gasteiger partial charge in [-0.25, -0.2) is 4.39 Å². The van der Waals surface area contributed by atoms with Crippen LogP contribution in [0.3, 0.4) is 0 Å². The van der Waals surface area contributed by atoms with Crippen molar-refractivity contribution < 1.29 is 18.9 Å². The first-order valence-corrected chi connectivity index (χ1v) is 11.8. The number of non-ortho nitro benzene ring substituents is 1. The second kappa shape index (κ2) is 11.8. The van der Waals surface area contributed by atoms with Crippen LogP contribution in [0.4, 0.5) is 10.1 Å². The van der Waals surface area contributed by atoms with E-state index in [0.717, 1.165) is 11.1 Å². The summed E-state index contributed by atoms with van der Waals surface area (Å²) in [7, 11) is 0. The maximum Gasteiger partial charge on any atom is 0.269 e. The highest BCUT2D eigenvalue weighted by Gasteiger charge is 2.30. The summed E-state index contributed by atoms with van der Waals surface area (Å²) in [6.07, 6.45) is 0.432. The minimum absolute atomic E-state index is 0.0148. The Kier molecular flexibility index (Phi) is 9.40. The number of nitrogens with zero attached hydrogens (tertiary/aromatic N) is 2. The largest absolute Gasteiger partial charge is 0.350 e. The molecule has 2 aromatic rings. The van der Waals surface area contributed by atoms with E-state index in [2.05, 4.69) is 5.32 Å². The Bertz CT molecular complexity index is 959. The zero-order valence-corrected chi connectivity index (χ0v) is 20.2. The Morgan fingerprint density at radius 3 is 2.18 bits per heavy atom. The van der Waals surface area contributed by atoms with E-state index in [1.54, 1.807) is 24.3 Å². The molecule has 1 N–H and O–H groups in total. The third-order valence-electron chi connectivity index (χ3n) is 4.79. The van der Waals surface area contributed by atoms with E-state index in [1.807, 2.05) is 27.7 Å². The normalized spacial score (nSPS) is 12.2. The van der Waals surface area contributed by atoms with Gasteiger partial charge in [-0.05, 0) is 50.5 Å². The minimum Gasteiger partial charge on any atom is -0.350 e. The predicted molar refractivity (Wildman–Crippen MR) is 128 cm³/mol. The third kappa shape index (κ3) is 8.49. The average molecular weight is 476 g/mol. The zero-order chi connectivity index (χ0) is 24.6. The molecule has 0 fully saturated rings. The van der Waals surface area contributed by atoms with Gasteiger partial charge in [0, 0.05) is 30.0 Å². The van der Waals surface area contributed by atoms with Crippen molar-refractivity contribution in [2.45, 2.75) is 58.0 Å². The summed E-state index contributed by atoms with van der Waals surface area (Å²) in [5, 5.41) is 13.7. The monoisotopic (exact) mass is 475 g/mol. The highest BCUT2D eigenvalue weighted by molar-refractivity contribution is 7.99. The van der Waals surface area contributed by atoms with Crippen LogP contribution in [-0.4, -0.2) is 39.0 Å². The number of amides is 2. The number of thioether (sulfide) groups is 1. The molecule has 2 aromatic carbocycles. The van der Waals surface area contributed by atoms with Gasteiger partial charge in [-0.3, -0.25) is 19.7 Å². The maximum absolute atomic E-state index is 13.3. The highest BCUT2D eigenvalue weighted by atomic mass is 32.2. The van der Waals surface area contributed by atoms with Crippen molar-refractivity contribution in [3.63, 3.8) is 0 Å². The zero-order valence-electron chi connectivity index (χ0n) is 19.3. The van der Waals surface area contributed by atoms with Gasteiger partial charge in [0.1, 0.15) is 11.9 Å². The topological polar surface area (TPSA) is 92.6 Å². The molecular weight excluding hydrogens is 445 g/mol. The standard InChI is InChI=1S/C24H30FN3O4S/c1-5-21(23(30)26-24(2,3)4)27(14-17-6-10-19(25)11-7-17)22(29)16-33-15-18-8-12-20(13-9-18)28(31)32/h6-13,21H,5,14-16H2,1-4H3,(H,26,30)/t21-/m0/s1. The fraction of sp³-hybridized carbons (Fsp3) is 0.417. The number of hydrogen-bond donors (Lipinski definition) is 1. The maximum atomic E-state index is 13.3. The van der Waals surface area contributed by atoms with Crippen LogP contribution in [0.1, 0.15) is 45.2 Å². The van der Waals surface area contributed by atoms with Gasteiger partial charge in [0.15, 0.2) is 0 Å². The molecule has 178 valence electrons. The lowest BCUT2D eigenvalue weighted by Gasteiger charge is -2.33. The van der Waals surface area contributed by atoms with Crippen LogP contribution in [0.25, 0.3) is 0 Å². The fourth-order valence-corrected chi connectivity index (χ4v) is 4.08. The quantitative estimate of drug-likeness (QED) is 0.398. The lowest BCUT2D eigenvalue weighted by Crippen LogP contribution is -2.53. The number of rotatable bonds is 10. The van der Waals surface area contributed by atoms with Crippen molar-refractivity contribution in [3.05, 3.63) is 75.6 Å². The number of nitro groups is 1. The summed E-state index contributed by atoms with van der Waals surface area (Å²) in [6.45, 7) is 7.67. The molecule has 0 saturated carbocycles. The van der Waals surface area contributed by atoms with E-state index in [0.29, 0.717) is 12.2 Å². The number of benzene rings is 2. The molecule has 0 aliphatic heterocycles. The summed E-state index contributed by atoms with van der Waals surface area (Å²) in [5.41, 5.74) is 1.16. The summed E-state index contributed by atoms with van der Waals surface area (Å²) < 4.78 is 13.3. The fourth-order valence-electron chi connectivity index (χ4n) is 3.21. The Morgan fingerprint density at radius 1 is 1.09 bits per heavy atom. The minimum atomic E-state index is -0.665. The van der Waals surface area contributed by atoms with Crippen LogP contribution in [0, 0.1) is 15.9 Å². The van der Waals surface area contributed by atoms with Gasteiger partial charge in [-0.2, -0.15) is 0 Å². The third-order valence-corrected chi connectivity index (χ3v) is 5.78. The molecule has 0 bridgehead atoms. The van der Waals surface area contributed by atoms with Crippen molar-refractivity contribution in [2.75, 3.05) is 5.75 Å². The van der Waals surface area contributed by atoms with Crippen molar-refractivity contribution in [1.82, 2.24) is 10.2 Å². The second-order valence-corrected chi connectivity index (χ2v) is 9.71. The molecule has 2 amide bonds. The van der Waals surface area contributed by atoms with Gasteiger partial charge in [0.25, 0.3) is 5.69 Å². The SMILES string of the molecule is CC[C@@H](C(=O)NC(C)(C)C)N(Cc1ccc(F)cc1)C(=O)CSCc1ccc([N+](=O)[O-])cc1. The first-order chi connectivity index (χ1) is 15.5. The van der Waals surface area contributed by atoms with Gasteiger partial charge in [-0.1, -0.05) is 31.2 Å². The molecule has 0 radical (unpaired) electrons. The van der Waals surface area contributed by atoms with E-state index >= 15 is 0 Å². The van der Waals surface area contributed by atoms with Gasteiger partial charge in [0.05, 0.1) is 10.7 Å². The summed E-state index contributed by atoms with van der Waals surface area (Å²) in [4.78, 5) is 38.0. The number of carbonyl (C=O) groups excluding carboxylic acids is 2. The summed E-state index contributed by atoms with van der Waals surface area (Å²) in [6, 6.07) is 11.4. The Labute approximate surface area is 197 Å². The van der Waals surface area contributed by atoms with E-state index in [-0.39, 0.29) is 35.6 Å². The highest BCUT2D eigenvalue weighted by Crippen LogP contribution is 2.20. The smallest absolute Gasteiger partial charge is 0.269 e. The first-order valence-electron chi connectivity index (χ1n) is 10.7. The van der Waals surface area contributed by atoms with Crippen LogP contribution < -0.4 is 5.32 Å². The molecule has 0 aromatic heterocycles. The Balaban J connectivity index is 2.12. The van der Waals surface area contributed by atoms with Crippen molar-refractivity contribution in [2.24, 2.45) is 0 Å². The molecule has 0 heterocycles. The van der Waals surface area contributed by atoms with Crippen molar-refractivity contribution in [3.8, 4) is 0 Å². The number of nitrogens with one attached hydrogen (secondary N) is 1. The Hall–Kier alpha value is -2.94. The summed E-state index contributed by atoms with van der Waals surface area (Å²) >= 11 is 1.37.